The molecule has 1 saturated heterocycles. The van der Waals surface area contributed by atoms with Crippen LogP contribution in [-0.4, -0.2) is 44.6 Å². The van der Waals surface area contributed by atoms with Gasteiger partial charge < -0.3 is 10.1 Å². The summed E-state index contributed by atoms with van der Waals surface area (Å²) >= 11 is 0. The van der Waals surface area contributed by atoms with Crippen molar-refractivity contribution in [2.24, 2.45) is 5.92 Å². The van der Waals surface area contributed by atoms with Crippen LogP contribution >= 0.6 is 0 Å². The molecule has 0 saturated carbocycles. The largest absolute Gasteiger partial charge is 0.573 e. The molecule has 1 amide bonds. The van der Waals surface area contributed by atoms with E-state index in [0.717, 1.165) is 16.4 Å². The van der Waals surface area contributed by atoms with Crippen molar-refractivity contribution in [1.29, 1.82) is 0 Å². The molecule has 0 bridgehead atoms. The lowest BCUT2D eigenvalue weighted by atomic mass is 9.97. The van der Waals surface area contributed by atoms with Gasteiger partial charge >= 0.3 is 6.36 Å². The molecule has 6 nitrogen and oxygen atoms in total. The van der Waals surface area contributed by atoms with Crippen molar-refractivity contribution in [2.45, 2.75) is 24.1 Å². The molecule has 2 rings (SSSR count). The van der Waals surface area contributed by atoms with Gasteiger partial charge in [0.05, 0.1) is 4.90 Å². The molecule has 1 aromatic carbocycles. The molecule has 1 fully saturated rings. The monoisotopic (exact) mass is 392 g/mol. The van der Waals surface area contributed by atoms with Crippen LogP contribution in [0.5, 0.6) is 5.75 Å². The summed E-state index contributed by atoms with van der Waals surface area (Å²) in [4.78, 5) is 11.6. The number of nitrogens with zero attached hydrogens (tertiary/aromatic N) is 1. The summed E-state index contributed by atoms with van der Waals surface area (Å²) in [5.41, 5.74) is 0. The maximum atomic E-state index is 12.6. The maximum absolute atomic E-state index is 12.6. The Kier molecular flexibility index (Phi) is 6.30. The van der Waals surface area contributed by atoms with Crippen LogP contribution in [0, 0.1) is 5.92 Å². The first-order chi connectivity index (χ1) is 12.1. The Morgan fingerprint density at radius 3 is 2.58 bits per heavy atom. The van der Waals surface area contributed by atoms with E-state index in [1.807, 2.05) is 0 Å². The number of hydrogen-bond acceptors (Lipinski definition) is 4. The Bertz CT molecular complexity index is 757. The van der Waals surface area contributed by atoms with Gasteiger partial charge in [0.15, 0.2) is 0 Å². The number of ether oxygens (including phenoxy) is 1. The fraction of sp³-hybridized carbons (Fsp3) is 0.438. The van der Waals surface area contributed by atoms with E-state index in [1.165, 1.54) is 12.1 Å². The molecule has 1 aliphatic heterocycles. The van der Waals surface area contributed by atoms with Gasteiger partial charge in [0.25, 0.3) is 0 Å². The fourth-order valence-corrected chi connectivity index (χ4v) is 4.16. The van der Waals surface area contributed by atoms with E-state index in [1.54, 1.807) is 6.08 Å². The number of benzene rings is 1. The maximum Gasteiger partial charge on any atom is 0.573 e. The molecule has 10 heteroatoms. The normalized spacial score (nSPS) is 16.9. The minimum Gasteiger partial charge on any atom is -0.406 e. The number of carbonyl (C=O) groups excluding carboxylic acids is 1. The summed E-state index contributed by atoms with van der Waals surface area (Å²) < 4.78 is 67.1. The SMILES string of the molecule is C=CCNC(=O)C1CCN(S(=O)(=O)c2cccc(OC(F)(F)F)c2)CC1. The van der Waals surface area contributed by atoms with Gasteiger partial charge in [-0.05, 0) is 25.0 Å². The first-order valence-electron chi connectivity index (χ1n) is 7.88. The zero-order valence-electron chi connectivity index (χ0n) is 13.8. The first kappa shape index (κ1) is 20.2. The van der Waals surface area contributed by atoms with Gasteiger partial charge in [-0.15, -0.1) is 19.8 Å². The predicted octanol–water partition coefficient (Wildman–Crippen LogP) is 2.29. The lowest BCUT2D eigenvalue weighted by Gasteiger charge is -2.30. The Morgan fingerprint density at radius 2 is 2.00 bits per heavy atom. The fourth-order valence-electron chi connectivity index (χ4n) is 2.66. The van der Waals surface area contributed by atoms with Gasteiger partial charge in [0.1, 0.15) is 5.75 Å². The highest BCUT2D eigenvalue weighted by Gasteiger charge is 2.34. The lowest BCUT2D eigenvalue weighted by molar-refractivity contribution is -0.274. The molecule has 0 atom stereocenters. The van der Waals surface area contributed by atoms with Crippen LogP contribution in [0.4, 0.5) is 13.2 Å². The van der Waals surface area contributed by atoms with E-state index in [2.05, 4.69) is 16.6 Å². The Hall–Kier alpha value is -2.07. The Balaban J connectivity index is 2.06. The number of hydrogen-bond donors (Lipinski definition) is 1. The number of piperidine rings is 1. The first-order valence-corrected chi connectivity index (χ1v) is 9.32. The van der Waals surface area contributed by atoms with E-state index in [-0.39, 0.29) is 29.8 Å². The smallest absolute Gasteiger partial charge is 0.406 e. The van der Waals surface area contributed by atoms with Crippen molar-refractivity contribution in [2.75, 3.05) is 19.6 Å². The highest BCUT2D eigenvalue weighted by atomic mass is 32.2. The summed E-state index contributed by atoms with van der Waals surface area (Å²) in [5.74, 6) is -1.07. The predicted molar refractivity (Wildman–Crippen MR) is 87.8 cm³/mol. The van der Waals surface area contributed by atoms with Gasteiger partial charge in [-0.1, -0.05) is 12.1 Å². The average molecular weight is 392 g/mol. The lowest BCUT2D eigenvalue weighted by Crippen LogP contribution is -2.43. The molecule has 144 valence electrons. The van der Waals surface area contributed by atoms with Crippen molar-refractivity contribution >= 4 is 15.9 Å². The minimum absolute atomic E-state index is 0.110. The molecular formula is C16H19F3N2O4S. The van der Waals surface area contributed by atoms with Gasteiger partial charge in [-0.25, -0.2) is 8.42 Å². The molecule has 1 heterocycles. The van der Waals surface area contributed by atoms with Crippen LogP contribution in [0.3, 0.4) is 0 Å². The van der Waals surface area contributed by atoms with Crippen LogP contribution in [0.2, 0.25) is 0 Å². The zero-order chi connectivity index (χ0) is 19.4. The number of halogens is 3. The minimum atomic E-state index is -4.90. The van der Waals surface area contributed by atoms with E-state index in [0.29, 0.717) is 19.4 Å². The van der Waals surface area contributed by atoms with Gasteiger partial charge in [0.2, 0.25) is 15.9 Å². The number of nitrogens with one attached hydrogen (secondary N) is 1. The molecule has 1 aromatic rings. The molecule has 0 aliphatic carbocycles. The third kappa shape index (κ3) is 5.21. The highest BCUT2D eigenvalue weighted by molar-refractivity contribution is 7.89. The Morgan fingerprint density at radius 1 is 1.35 bits per heavy atom. The van der Waals surface area contributed by atoms with Crippen molar-refractivity contribution in [3.05, 3.63) is 36.9 Å². The zero-order valence-corrected chi connectivity index (χ0v) is 14.6. The second-order valence-corrected chi connectivity index (χ2v) is 7.67. The van der Waals surface area contributed by atoms with Gasteiger partial charge in [-0.2, -0.15) is 4.31 Å². The summed E-state index contributed by atoms with van der Waals surface area (Å²) in [6.45, 7) is 4.06. The van der Waals surface area contributed by atoms with Crippen molar-refractivity contribution in [3.8, 4) is 5.75 Å². The van der Waals surface area contributed by atoms with E-state index in [4.69, 9.17) is 0 Å². The van der Waals surface area contributed by atoms with Crippen molar-refractivity contribution in [1.82, 2.24) is 9.62 Å². The topological polar surface area (TPSA) is 75.7 Å². The molecule has 0 unspecified atom stereocenters. The van der Waals surface area contributed by atoms with Crippen LogP contribution in [0.25, 0.3) is 0 Å². The van der Waals surface area contributed by atoms with Crippen LogP contribution in [-0.2, 0) is 14.8 Å². The van der Waals surface area contributed by atoms with Gasteiger partial charge in [-0.3, -0.25) is 4.79 Å². The average Bonchev–Trinajstić information content (AvgIpc) is 2.58. The number of sulfonamides is 1. The highest BCUT2D eigenvalue weighted by Crippen LogP contribution is 2.28. The van der Waals surface area contributed by atoms with E-state index < -0.39 is 22.1 Å². The number of carbonyl (C=O) groups is 1. The molecule has 0 radical (unpaired) electrons. The summed E-state index contributed by atoms with van der Waals surface area (Å²) in [5, 5.41) is 2.67. The number of alkyl halides is 3. The third-order valence-electron chi connectivity index (χ3n) is 3.92. The molecule has 0 spiro atoms. The van der Waals surface area contributed by atoms with Crippen LogP contribution < -0.4 is 10.1 Å². The van der Waals surface area contributed by atoms with Crippen LogP contribution in [0.15, 0.2) is 41.8 Å². The second kappa shape index (κ2) is 8.09. The van der Waals surface area contributed by atoms with E-state index in [9.17, 15) is 26.4 Å². The van der Waals surface area contributed by atoms with Gasteiger partial charge in [0, 0.05) is 31.6 Å². The molecule has 0 aromatic heterocycles. The number of rotatable bonds is 6. The molecular weight excluding hydrogens is 373 g/mol. The Labute approximate surface area is 149 Å². The quantitative estimate of drug-likeness (QED) is 0.754. The van der Waals surface area contributed by atoms with Crippen molar-refractivity contribution < 1.29 is 31.1 Å². The summed E-state index contributed by atoms with van der Waals surface area (Å²) in [6, 6.07) is 4.26. The van der Waals surface area contributed by atoms with E-state index >= 15 is 0 Å². The summed E-state index contributed by atoms with van der Waals surface area (Å²) in [6.07, 6.45) is -2.69. The second-order valence-electron chi connectivity index (χ2n) is 5.73. The molecule has 1 aliphatic rings. The van der Waals surface area contributed by atoms with Crippen LogP contribution in [0.1, 0.15) is 12.8 Å². The number of amides is 1. The summed E-state index contributed by atoms with van der Waals surface area (Å²) in [7, 11) is -3.97. The molecule has 26 heavy (non-hydrogen) atoms. The molecule has 1 N–H and O–H groups in total. The standard InChI is InChI=1S/C16H19F3N2O4S/c1-2-8-20-15(22)12-6-9-21(10-7-12)26(23,24)14-5-3-4-13(11-14)25-16(17,18)19/h2-5,11-12H,1,6-10H2,(H,20,22). The van der Waals surface area contributed by atoms with Crippen molar-refractivity contribution in [3.63, 3.8) is 0 Å². The third-order valence-corrected chi connectivity index (χ3v) is 5.82.